The first-order valence-corrected chi connectivity index (χ1v) is 10.9. The number of rotatable bonds is 3. The van der Waals surface area contributed by atoms with Gasteiger partial charge in [0.2, 0.25) is 11.0 Å². The summed E-state index contributed by atoms with van der Waals surface area (Å²) in [7, 11) is 1.92. The molecule has 0 amide bonds. The van der Waals surface area contributed by atoms with Crippen molar-refractivity contribution < 1.29 is 0 Å². The highest BCUT2D eigenvalue weighted by Crippen LogP contribution is 2.34. The van der Waals surface area contributed by atoms with E-state index >= 15 is 0 Å². The molecule has 2 aromatic carbocycles. The number of thioether (sulfide) groups is 1. The Morgan fingerprint density at radius 3 is 2.50 bits per heavy atom. The zero-order valence-electron chi connectivity index (χ0n) is 16.1. The summed E-state index contributed by atoms with van der Waals surface area (Å²) in [6.07, 6.45) is 0. The number of hydrogen-bond acceptors (Lipinski definition) is 5. The Hall–Kier alpha value is -2.61. The van der Waals surface area contributed by atoms with Gasteiger partial charge < -0.3 is 0 Å². The summed E-state index contributed by atoms with van der Waals surface area (Å²) in [5, 5.41) is 20.1. The minimum absolute atomic E-state index is 0.0930. The number of aromatic nitrogens is 5. The maximum absolute atomic E-state index is 6.23. The van der Waals surface area contributed by atoms with Crippen LogP contribution in [0, 0.1) is 0 Å². The zero-order chi connectivity index (χ0) is 20.8. The third kappa shape index (κ3) is 3.33. The molecule has 0 spiro atoms. The molecule has 6 nitrogen and oxygen atoms in total. The first-order valence-electron chi connectivity index (χ1n) is 9.27. The zero-order valence-corrected chi connectivity index (χ0v) is 18.4. The maximum Gasteiger partial charge on any atom is 0.213 e. The lowest BCUT2D eigenvalue weighted by Gasteiger charge is -2.20. The number of benzene rings is 2. The fourth-order valence-electron chi connectivity index (χ4n) is 3.40. The third-order valence-corrected chi connectivity index (χ3v) is 6.66. The molecule has 1 unspecified atom stereocenters. The molecule has 30 heavy (non-hydrogen) atoms. The summed E-state index contributed by atoms with van der Waals surface area (Å²) >= 11 is 13.9. The molecule has 4 aromatic rings. The van der Waals surface area contributed by atoms with E-state index in [4.69, 9.17) is 28.3 Å². The standard InChI is InChI=1S/C21H16Cl2N6S/c1-12-19(14-8-9-15(22)16(23)10-14)27-29-20(24-25-21(29)30-12)17-11-18(28(2)26-17)13-6-4-3-5-7-13/h3-12H,1-2H3. The van der Waals surface area contributed by atoms with E-state index in [1.165, 1.54) is 0 Å². The lowest BCUT2D eigenvalue weighted by atomic mass is 10.1. The van der Waals surface area contributed by atoms with E-state index in [-0.39, 0.29) is 5.25 Å². The molecule has 150 valence electrons. The van der Waals surface area contributed by atoms with Crippen LogP contribution in [-0.4, -0.2) is 35.6 Å². The van der Waals surface area contributed by atoms with Crippen molar-refractivity contribution in [1.29, 1.82) is 0 Å². The molecule has 0 radical (unpaired) electrons. The van der Waals surface area contributed by atoms with Crippen LogP contribution in [0.1, 0.15) is 12.5 Å². The lowest BCUT2D eigenvalue weighted by molar-refractivity contribution is 0.742. The molecule has 0 N–H and O–H groups in total. The van der Waals surface area contributed by atoms with Crippen LogP contribution in [0.2, 0.25) is 10.0 Å². The van der Waals surface area contributed by atoms with Crippen LogP contribution in [-0.2, 0) is 7.05 Å². The maximum atomic E-state index is 6.23. The first kappa shape index (κ1) is 19.4. The summed E-state index contributed by atoms with van der Waals surface area (Å²) in [4.78, 5) is 0. The predicted octanol–water partition coefficient (Wildman–Crippen LogP) is 5.40. The molecule has 0 aliphatic carbocycles. The second-order valence-corrected chi connectivity index (χ2v) is 9.02. The van der Waals surface area contributed by atoms with Crippen molar-refractivity contribution in [2.45, 2.75) is 17.3 Å². The fraction of sp³-hybridized carbons (Fsp3) is 0.143. The Morgan fingerprint density at radius 2 is 1.73 bits per heavy atom. The van der Waals surface area contributed by atoms with E-state index in [9.17, 15) is 0 Å². The van der Waals surface area contributed by atoms with Gasteiger partial charge in [0.15, 0.2) is 0 Å². The molecule has 5 rings (SSSR count). The van der Waals surface area contributed by atoms with E-state index in [2.05, 4.69) is 34.4 Å². The molecular weight excluding hydrogens is 439 g/mol. The quantitative estimate of drug-likeness (QED) is 0.415. The minimum atomic E-state index is 0.0930. The normalized spacial score (nSPS) is 15.7. The molecule has 2 aromatic heterocycles. The number of nitrogens with zero attached hydrogens (tertiary/aromatic N) is 6. The fourth-order valence-corrected chi connectivity index (χ4v) is 4.62. The molecule has 3 heterocycles. The summed E-state index contributed by atoms with van der Waals surface area (Å²) < 4.78 is 3.59. The molecule has 1 aliphatic heterocycles. The molecule has 0 bridgehead atoms. The number of fused-ring (bicyclic) bond motifs is 1. The third-order valence-electron chi connectivity index (χ3n) is 4.88. The van der Waals surface area contributed by atoms with Gasteiger partial charge in [0, 0.05) is 12.6 Å². The van der Waals surface area contributed by atoms with Crippen LogP contribution in [0.25, 0.3) is 22.8 Å². The van der Waals surface area contributed by atoms with Crippen molar-refractivity contribution >= 4 is 40.7 Å². The van der Waals surface area contributed by atoms with Gasteiger partial charge in [-0.15, -0.1) is 10.2 Å². The van der Waals surface area contributed by atoms with E-state index in [1.807, 2.05) is 48.1 Å². The highest BCUT2D eigenvalue weighted by atomic mass is 35.5. The van der Waals surface area contributed by atoms with Gasteiger partial charge in [0.1, 0.15) is 5.69 Å². The smallest absolute Gasteiger partial charge is 0.213 e. The molecule has 1 atom stereocenters. The summed E-state index contributed by atoms with van der Waals surface area (Å²) in [6, 6.07) is 17.7. The summed E-state index contributed by atoms with van der Waals surface area (Å²) in [5.41, 5.74) is 4.59. The monoisotopic (exact) mass is 454 g/mol. The average molecular weight is 455 g/mol. The van der Waals surface area contributed by atoms with Gasteiger partial charge in [-0.05, 0) is 30.7 Å². The van der Waals surface area contributed by atoms with Crippen LogP contribution >= 0.6 is 35.0 Å². The largest absolute Gasteiger partial charge is 0.267 e. The molecule has 1 aliphatic rings. The van der Waals surface area contributed by atoms with Crippen molar-refractivity contribution in [3.8, 4) is 22.8 Å². The van der Waals surface area contributed by atoms with Gasteiger partial charge in [0.05, 0.1) is 26.7 Å². The van der Waals surface area contributed by atoms with E-state index in [0.717, 1.165) is 27.7 Å². The average Bonchev–Trinajstić information content (AvgIpc) is 3.33. The SMILES string of the molecule is CC1Sc2nnc(-c3cc(-c4ccccc4)n(C)n3)n2N=C1c1ccc(Cl)c(Cl)c1. The van der Waals surface area contributed by atoms with Crippen LogP contribution in [0.5, 0.6) is 0 Å². The van der Waals surface area contributed by atoms with Crippen molar-refractivity contribution in [3.63, 3.8) is 0 Å². The number of hydrogen-bond donors (Lipinski definition) is 0. The Morgan fingerprint density at radius 1 is 0.933 bits per heavy atom. The van der Waals surface area contributed by atoms with E-state index < -0.39 is 0 Å². The lowest BCUT2D eigenvalue weighted by Crippen LogP contribution is -2.21. The predicted molar refractivity (Wildman–Crippen MR) is 121 cm³/mol. The Bertz CT molecular complexity index is 1280. The highest BCUT2D eigenvalue weighted by Gasteiger charge is 2.27. The van der Waals surface area contributed by atoms with Gasteiger partial charge >= 0.3 is 0 Å². The van der Waals surface area contributed by atoms with Crippen LogP contribution < -0.4 is 0 Å². The van der Waals surface area contributed by atoms with Gasteiger partial charge in [-0.25, -0.2) is 0 Å². The first-order chi connectivity index (χ1) is 14.5. The van der Waals surface area contributed by atoms with Gasteiger partial charge in [-0.2, -0.15) is 14.9 Å². The van der Waals surface area contributed by atoms with Gasteiger partial charge in [0.25, 0.3) is 0 Å². The molecule has 0 saturated carbocycles. The molecule has 9 heteroatoms. The Labute approximate surface area is 187 Å². The Balaban J connectivity index is 1.59. The molecule has 0 fully saturated rings. The molecular formula is C21H16Cl2N6S. The number of halogens is 2. The summed E-state index contributed by atoms with van der Waals surface area (Å²) in [6.45, 7) is 2.08. The second kappa shape index (κ2) is 7.58. The van der Waals surface area contributed by atoms with Crippen molar-refractivity contribution in [1.82, 2.24) is 24.7 Å². The topological polar surface area (TPSA) is 60.9 Å². The van der Waals surface area contributed by atoms with E-state index in [0.29, 0.717) is 21.6 Å². The molecule has 0 saturated heterocycles. The number of aryl methyl sites for hydroxylation is 1. The second-order valence-electron chi connectivity index (χ2n) is 6.90. The van der Waals surface area contributed by atoms with Crippen molar-refractivity contribution in [3.05, 3.63) is 70.2 Å². The highest BCUT2D eigenvalue weighted by molar-refractivity contribution is 8.00. The van der Waals surface area contributed by atoms with E-state index in [1.54, 1.807) is 22.5 Å². The van der Waals surface area contributed by atoms with Gasteiger partial charge in [-0.3, -0.25) is 4.68 Å². The van der Waals surface area contributed by atoms with Crippen molar-refractivity contribution in [2.75, 3.05) is 0 Å². The minimum Gasteiger partial charge on any atom is -0.267 e. The van der Waals surface area contributed by atoms with Crippen molar-refractivity contribution in [2.24, 2.45) is 12.1 Å². The summed E-state index contributed by atoms with van der Waals surface area (Å²) in [5.74, 6) is 0.597. The Kier molecular flexibility index (Phi) is 4.89. The van der Waals surface area contributed by atoms with Crippen LogP contribution in [0.4, 0.5) is 0 Å². The van der Waals surface area contributed by atoms with Crippen LogP contribution in [0.3, 0.4) is 0 Å². The van der Waals surface area contributed by atoms with Crippen LogP contribution in [0.15, 0.2) is 64.9 Å². The van der Waals surface area contributed by atoms with Gasteiger partial charge in [-0.1, -0.05) is 71.4 Å².